The molecule has 0 radical (unpaired) electrons. The fourth-order valence-corrected chi connectivity index (χ4v) is 1.74. The summed E-state index contributed by atoms with van der Waals surface area (Å²) < 4.78 is 0. The number of allylic oxidation sites excluding steroid dienone is 3. The van der Waals surface area contributed by atoms with E-state index >= 15 is 0 Å². The molecule has 0 saturated carbocycles. The molecular weight excluding hydrogens is 230 g/mol. The van der Waals surface area contributed by atoms with Gasteiger partial charge in [-0.1, -0.05) is 6.08 Å². The minimum Gasteiger partial charge on any atom is -0.351 e. The number of hydrogen-bond acceptors (Lipinski definition) is 4. The number of likely N-dealkylation sites (N-methyl/N-ethyl adjacent to an activating group) is 2. The molecule has 0 atom stereocenters. The van der Waals surface area contributed by atoms with Gasteiger partial charge in [-0.05, 0) is 18.2 Å². The zero-order valence-electron chi connectivity index (χ0n) is 10.0. The van der Waals surface area contributed by atoms with E-state index in [9.17, 15) is 9.59 Å². The molecule has 0 fully saturated rings. The first-order chi connectivity index (χ1) is 8.56. The Morgan fingerprint density at radius 2 is 1.94 bits per heavy atom. The van der Waals surface area contributed by atoms with Gasteiger partial charge >= 0.3 is 0 Å². The normalized spacial score (nSPS) is 21.3. The Kier molecular flexibility index (Phi) is 2.86. The Morgan fingerprint density at radius 1 is 1.22 bits per heavy atom. The molecule has 2 heterocycles. The number of carbonyl (C=O) groups is 2. The molecule has 2 amide bonds. The molecule has 0 N–H and O–H groups in total. The molecule has 0 aliphatic carbocycles. The summed E-state index contributed by atoms with van der Waals surface area (Å²) in [6.07, 6.45) is 8.86. The van der Waals surface area contributed by atoms with Crippen LogP contribution in [0, 0.1) is 11.3 Å². The monoisotopic (exact) mass is 241 g/mol. The highest BCUT2D eigenvalue weighted by Gasteiger charge is 2.34. The van der Waals surface area contributed by atoms with Crippen molar-refractivity contribution < 1.29 is 9.59 Å². The molecule has 2 aliphatic rings. The van der Waals surface area contributed by atoms with Crippen LogP contribution in [0.5, 0.6) is 0 Å². The topological polar surface area (TPSA) is 64.4 Å². The summed E-state index contributed by atoms with van der Waals surface area (Å²) in [4.78, 5) is 26.2. The van der Waals surface area contributed by atoms with Gasteiger partial charge in [0.25, 0.3) is 11.8 Å². The van der Waals surface area contributed by atoms with Gasteiger partial charge in [-0.3, -0.25) is 14.5 Å². The van der Waals surface area contributed by atoms with Gasteiger partial charge in [0.1, 0.15) is 11.6 Å². The third-order valence-electron chi connectivity index (χ3n) is 2.82. The van der Waals surface area contributed by atoms with Gasteiger partial charge in [0, 0.05) is 26.0 Å². The maximum Gasteiger partial charge on any atom is 0.271 e. The van der Waals surface area contributed by atoms with Crippen molar-refractivity contribution in [3.05, 3.63) is 47.3 Å². The van der Waals surface area contributed by atoms with Gasteiger partial charge in [0.05, 0.1) is 5.57 Å². The first kappa shape index (κ1) is 11.9. The van der Waals surface area contributed by atoms with E-state index in [-0.39, 0.29) is 11.1 Å². The third kappa shape index (κ3) is 1.74. The van der Waals surface area contributed by atoms with Crippen LogP contribution in [0.2, 0.25) is 0 Å². The molecule has 2 rings (SSSR count). The van der Waals surface area contributed by atoms with E-state index in [0.29, 0.717) is 0 Å². The quantitative estimate of drug-likeness (QED) is 0.634. The Labute approximate surface area is 105 Å². The van der Waals surface area contributed by atoms with Gasteiger partial charge in [0.2, 0.25) is 0 Å². The lowest BCUT2D eigenvalue weighted by atomic mass is 10.1. The molecule has 18 heavy (non-hydrogen) atoms. The van der Waals surface area contributed by atoms with Gasteiger partial charge in [0.15, 0.2) is 0 Å². The molecular formula is C13H11N3O2. The average molecular weight is 241 g/mol. The predicted octanol–water partition coefficient (Wildman–Crippen LogP) is 0.704. The van der Waals surface area contributed by atoms with E-state index in [2.05, 4.69) is 0 Å². The SMILES string of the molecule is CN1C(=O)C(C#N)=C(/C=C2\C=CC=CN2C)C1=O. The van der Waals surface area contributed by atoms with E-state index in [4.69, 9.17) is 5.26 Å². The van der Waals surface area contributed by atoms with Crippen LogP contribution >= 0.6 is 0 Å². The molecule has 2 aliphatic heterocycles. The zero-order valence-corrected chi connectivity index (χ0v) is 10.0. The first-order valence-electron chi connectivity index (χ1n) is 5.32. The fourth-order valence-electron chi connectivity index (χ4n) is 1.74. The summed E-state index contributed by atoms with van der Waals surface area (Å²) in [7, 11) is 3.19. The van der Waals surface area contributed by atoms with Gasteiger partial charge in [-0.2, -0.15) is 5.26 Å². The largest absolute Gasteiger partial charge is 0.351 e. The fraction of sp³-hybridized carbons (Fsp3) is 0.154. The minimum absolute atomic E-state index is 0.105. The molecule has 5 heteroatoms. The van der Waals surface area contributed by atoms with Crippen molar-refractivity contribution in [2.75, 3.05) is 14.1 Å². The van der Waals surface area contributed by atoms with Crippen molar-refractivity contribution in [2.24, 2.45) is 0 Å². The van der Waals surface area contributed by atoms with Crippen molar-refractivity contribution in [2.45, 2.75) is 0 Å². The lowest BCUT2D eigenvalue weighted by molar-refractivity contribution is -0.135. The number of nitriles is 1. The molecule has 0 aromatic rings. The Hall–Kier alpha value is -2.61. The third-order valence-corrected chi connectivity index (χ3v) is 2.82. The van der Waals surface area contributed by atoms with Crippen molar-refractivity contribution in [3.63, 3.8) is 0 Å². The lowest BCUT2D eigenvalue weighted by Gasteiger charge is -2.17. The summed E-state index contributed by atoms with van der Waals surface area (Å²) in [6, 6.07) is 1.79. The van der Waals surface area contributed by atoms with Gasteiger partial charge in [-0.25, -0.2) is 0 Å². The first-order valence-corrected chi connectivity index (χ1v) is 5.32. The minimum atomic E-state index is -0.549. The number of rotatable bonds is 1. The molecule has 0 bridgehead atoms. The number of hydrogen-bond donors (Lipinski definition) is 0. The van der Waals surface area contributed by atoms with Crippen molar-refractivity contribution in [1.29, 1.82) is 5.26 Å². The number of nitrogens with zero attached hydrogens (tertiary/aromatic N) is 3. The maximum atomic E-state index is 11.9. The van der Waals surface area contributed by atoms with E-state index in [1.165, 1.54) is 7.05 Å². The highest BCUT2D eigenvalue weighted by atomic mass is 16.2. The number of amides is 2. The maximum absolute atomic E-state index is 11.9. The van der Waals surface area contributed by atoms with Crippen LogP contribution in [0.25, 0.3) is 0 Å². The van der Waals surface area contributed by atoms with Crippen molar-refractivity contribution >= 4 is 11.8 Å². The zero-order chi connectivity index (χ0) is 13.3. The molecule has 5 nitrogen and oxygen atoms in total. The highest BCUT2D eigenvalue weighted by Crippen LogP contribution is 2.23. The second-order valence-corrected chi connectivity index (χ2v) is 3.95. The van der Waals surface area contributed by atoms with E-state index in [1.807, 2.05) is 25.4 Å². The van der Waals surface area contributed by atoms with Crippen LogP contribution in [0.3, 0.4) is 0 Å². The number of carbonyl (C=O) groups excluding carboxylic acids is 2. The van der Waals surface area contributed by atoms with Gasteiger partial charge < -0.3 is 4.90 Å². The Balaban J connectivity index is 2.48. The Morgan fingerprint density at radius 3 is 2.56 bits per heavy atom. The van der Waals surface area contributed by atoms with Crippen molar-refractivity contribution in [1.82, 2.24) is 9.80 Å². The lowest BCUT2D eigenvalue weighted by Crippen LogP contribution is -2.26. The molecule has 0 aromatic carbocycles. The van der Waals surface area contributed by atoms with Gasteiger partial charge in [-0.15, -0.1) is 0 Å². The van der Waals surface area contributed by atoms with Crippen LogP contribution in [-0.4, -0.2) is 35.7 Å². The average Bonchev–Trinajstić information content (AvgIpc) is 2.57. The summed E-state index contributed by atoms with van der Waals surface area (Å²) in [6.45, 7) is 0. The van der Waals surface area contributed by atoms with E-state index in [1.54, 1.807) is 23.1 Å². The standard InChI is InChI=1S/C13H11N3O2/c1-15-6-4-3-5-9(15)7-10-11(8-14)13(18)16(2)12(10)17/h3-7H,1-2H3/b9-7+. The molecule has 0 aromatic heterocycles. The van der Waals surface area contributed by atoms with Crippen LogP contribution in [0.15, 0.2) is 47.3 Å². The summed E-state index contributed by atoms with van der Waals surface area (Å²) in [5, 5.41) is 8.96. The second kappa shape index (κ2) is 4.34. The summed E-state index contributed by atoms with van der Waals surface area (Å²) in [5.41, 5.74) is 0.787. The molecule has 0 saturated heterocycles. The van der Waals surface area contributed by atoms with Crippen molar-refractivity contribution in [3.8, 4) is 6.07 Å². The van der Waals surface area contributed by atoms with Crippen LogP contribution in [0.1, 0.15) is 0 Å². The molecule has 0 unspecified atom stereocenters. The summed E-state index contributed by atoms with van der Waals surface area (Å²) in [5.74, 6) is -0.993. The Bertz CT molecular complexity index is 588. The van der Waals surface area contributed by atoms with E-state index < -0.39 is 11.8 Å². The second-order valence-electron chi connectivity index (χ2n) is 3.95. The smallest absolute Gasteiger partial charge is 0.271 e. The highest BCUT2D eigenvalue weighted by molar-refractivity contribution is 6.22. The predicted molar refractivity (Wildman–Crippen MR) is 64.5 cm³/mol. The van der Waals surface area contributed by atoms with Crippen LogP contribution < -0.4 is 0 Å². The summed E-state index contributed by atoms with van der Waals surface area (Å²) >= 11 is 0. The number of imide groups is 1. The molecule has 90 valence electrons. The molecule has 0 spiro atoms. The van der Waals surface area contributed by atoms with E-state index in [0.717, 1.165) is 10.6 Å². The van der Waals surface area contributed by atoms with Crippen LogP contribution in [-0.2, 0) is 9.59 Å². The van der Waals surface area contributed by atoms with Crippen LogP contribution in [0.4, 0.5) is 0 Å².